The molecule has 5 heteroatoms. The summed E-state index contributed by atoms with van der Waals surface area (Å²) in [7, 11) is 0. The number of aromatic amines is 1. The summed E-state index contributed by atoms with van der Waals surface area (Å²) in [5.74, 6) is -2.02. The lowest BCUT2D eigenvalue weighted by Crippen LogP contribution is -2.22. The Morgan fingerprint density at radius 1 is 1.64 bits per heavy atom. The number of nitrogens with one attached hydrogen (secondary N) is 1. The molecule has 1 N–H and O–H groups in total. The number of Topliss-reactive ketones (excluding diaryl/α,β-unsaturated/α-hetero) is 1. The van der Waals surface area contributed by atoms with Crippen molar-refractivity contribution in [1.29, 1.82) is 0 Å². The van der Waals surface area contributed by atoms with Gasteiger partial charge in [0.05, 0.1) is 7.06 Å². The minimum atomic E-state index is -4.92. The highest BCUT2D eigenvalue weighted by atomic mass is 19.4. The van der Waals surface area contributed by atoms with E-state index in [-0.39, 0.29) is 0 Å². The van der Waals surface area contributed by atoms with E-state index in [1.165, 1.54) is 0 Å². The van der Waals surface area contributed by atoms with Crippen LogP contribution in [0.4, 0.5) is 13.2 Å². The van der Waals surface area contributed by atoms with Gasteiger partial charge in [0.25, 0.3) is 5.78 Å². The van der Waals surface area contributed by atoms with Gasteiger partial charge < -0.3 is 4.98 Å². The first-order valence-electron chi connectivity index (χ1n) is 3.18. The fourth-order valence-electron chi connectivity index (χ4n) is 0.564. The van der Waals surface area contributed by atoms with Gasteiger partial charge in [0.2, 0.25) is 0 Å². The van der Waals surface area contributed by atoms with E-state index >= 15 is 0 Å². The SMILES string of the molecule is [2H]c1cc[nH]c1C(=O)C(F)(F)F. The van der Waals surface area contributed by atoms with Crippen molar-refractivity contribution < 1.29 is 19.3 Å². The van der Waals surface area contributed by atoms with Crippen molar-refractivity contribution in [3.63, 3.8) is 0 Å². The van der Waals surface area contributed by atoms with Gasteiger partial charge in [-0.1, -0.05) is 0 Å². The molecule has 0 amide bonds. The number of alkyl halides is 3. The topological polar surface area (TPSA) is 32.9 Å². The van der Waals surface area contributed by atoms with E-state index in [0.29, 0.717) is 0 Å². The molecule has 0 aromatic carbocycles. The highest BCUT2D eigenvalue weighted by Gasteiger charge is 2.39. The number of aromatic nitrogens is 1. The van der Waals surface area contributed by atoms with Crippen LogP contribution in [-0.4, -0.2) is 16.9 Å². The molecular formula is C6H4F3NO. The lowest BCUT2D eigenvalue weighted by Gasteiger charge is -2.01. The third-order valence-electron chi connectivity index (χ3n) is 1.02. The summed E-state index contributed by atoms with van der Waals surface area (Å²) in [6.45, 7) is 0. The van der Waals surface area contributed by atoms with Crippen LogP contribution in [0.25, 0.3) is 0 Å². The second kappa shape index (κ2) is 2.41. The fourth-order valence-corrected chi connectivity index (χ4v) is 0.564. The summed E-state index contributed by atoms with van der Waals surface area (Å²) in [6.07, 6.45) is -3.80. The monoisotopic (exact) mass is 164 g/mol. The fraction of sp³-hybridized carbons (Fsp3) is 0.167. The molecule has 0 atom stereocenters. The first-order valence-corrected chi connectivity index (χ1v) is 2.68. The van der Waals surface area contributed by atoms with E-state index in [9.17, 15) is 18.0 Å². The maximum atomic E-state index is 11.7. The van der Waals surface area contributed by atoms with E-state index in [4.69, 9.17) is 1.37 Å². The maximum Gasteiger partial charge on any atom is 0.456 e. The Hall–Kier alpha value is -1.26. The second-order valence-electron chi connectivity index (χ2n) is 1.82. The number of halogens is 3. The first-order chi connectivity index (χ1) is 5.43. The van der Waals surface area contributed by atoms with Crippen molar-refractivity contribution in [2.75, 3.05) is 0 Å². The van der Waals surface area contributed by atoms with Gasteiger partial charge in [-0.2, -0.15) is 13.2 Å². The minimum absolute atomic E-state index is 0.447. The zero-order valence-corrected chi connectivity index (χ0v) is 5.20. The lowest BCUT2D eigenvalue weighted by atomic mass is 10.3. The quantitative estimate of drug-likeness (QED) is 0.630. The molecule has 0 saturated carbocycles. The molecule has 0 aliphatic carbocycles. The summed E-state index contributed by atoms with van der Waals surface area (Å²) >= 11 is 0. The zero-order valence-electron chi connectivity index (χ0n) is 6.20. The molecule has 1 rings (SSSR count). The molecule has 60 valence electrons. The van der Waals surface area contributed by atoms with Gasteiger partial charge in [0.15, 0.2) is 0 Å². The number of H-pyrrole nitrogens is 1. The van der Waals surface area contributed by atoms with Gasteiger partial charge in [0, 0.05) is 6.20 Å². The molecule has 0 unspecified atom stereocenters. The Kier molecular flexibility index (Phi) is 1.41. The summed E-state index contributed by atoms with van der Waals surface area (Å²) in [5, 5.41) is 0. The van der Waals surface area contributed by atoms with Crippen molar-refractivity contribution in [3.05, 3.63) is 24.0 Å². The van der Waals surface area contributed by atoms with Crippen LogP contribution < -0.4 is 0 Å². The standard InChI is InChI=1S/C6H4F3NO/c7-6(8,9)5(11)4-2-1-3-10-4/h1-3,10H/i2D. The third kappa shape index (κ3) is 1.60. The van der Waals surface area contributed by atoms with Crippen molar-refractivity contribution in [3.8, 4) is 0 Å². The Labute approximate surface area is 61.4 Å². The van der Waals surface area contributed by atoms with E-state index in [1.54, 1.807) is 0 Å². The van der Waals surface area contributed by atoms with Crippen molar-refractivity contribution in [2.24, 2.45) is 0 Å². The number of ketones is 1. The molecule has 1 aromatic rings. The molecule has 0 radical (unpaired) electrons. The van der Waals surface area contributed by atoms with Crippen LogP contribution in [0, 0.1) is 0 Å². The summed E-state index contributed by atoms with van der Waals surface area (Å²) in [6, 6.07) is 0.635. The third-order valence-corrected chi connectivity index (χ3v) is 1.02. The second-order valence-corrected chi connectivity index (χ2v) is 1.82. The van der Waals surface area contributed by atoms with Crippen LogP contribution in [0.3, 0.4) is 0 Å². The molecule has 0 aliphatic rings. The number of carbonyl (C=O) groups excluding carboxylic acids is 1. The number of rotatable bonds is 1. The predicted molar refractivity (Wildman–Crippen MR) is 31.2 cm³/mol. The largest absolute Gasteiger partial charge is 0.456 e. The van der Waals surface area contributed by atoms with E-state index < -0.39 is 23.7 Å². The van der Waals surface area contributed by atoms with Crippen LogP contribution in [0.1, 0.15) is 11.9 Å². The van der Waals surface area contributed by atoms with Gasteiger partial charge in [-0.25, -0.2) is 0 Å². The lowest BCUT2D eigenvalue weighted by molar-refractivity contribution is -0.0887. The summed E-state index contributed by atoms with van der Waals surface area (Å²) in [4.78, 5) is 12.5. The van der Waals surface area contributed by atoms with Crippen LogP contribution in [0.5, 0.6) is 0 Å². The van der Waals surface area contributed by atoms with Crippen LogP contribution >= 0.6 is 0 Å². The number of hydrogen-bond acceptors (Lipinski definition) is 1. The molecule has 0 bridgehead atoms. The maximum absolute atomic E-state index is 11.7. The normalized spacial score (nSPS) is 12.8. The highest BCUT2D eigenvalue weighted by Crippen LogP contribution is 2.19. The van der Waals surface area contributed by atoms with E-state index in [2.05, 4.69) is 4.98 Å². The molecule has 1 aromatic heterocycles. The van der Waals surface area contributed by atoms with Gasteiger partial charge in [-0.3, -0.25) is 4.79 Å². The van der Waals surface area contributed by atoms with Gasteiger partial charge in [-0.15, -0.1) is 0 Å². The molecule has 1 heterocycles. The summed E-state index contributed by atoms with van der Waals surface area (Å²) < 4.78 is 42.1. The van der Waals surface area contributed by atoms with Gasteiger partial charge >= 0.3 is 6.18 Å². The molecule has 0 saturated heterocycles. The summed E-state index contributed by atoms with van der Waals surface area (Å²) in [5.41, 5.74) is -0.720. The van der Waals surface area contributed by atoms with Crippen molar-refractivity contribution >= 4 is 5.78 Å². The Bertz CT molecular complexity index is 304. The molecular weight excluding hydrogens is 159 g/mol. The molecule has 0 aliphatic heterocycles. The number of hydrogen-bond donors (Lipinski definition) is 1. The Balaban J connectivity index is 3.01. The molecule has 0 fully saturated rings. The van der Waals surface area contributed by atoms with Crippen LogP contribution in [-0.2, 0) is 0 Å². The van der Waals surface area contributed by atoms with Crippen molar-refractivity contribution in [2.45, 2.75) is 6.18 Å². The molecule has 11 heavy (non-hydrogen) atoms. The van der Waals surface area contributed by atoms with Crippen molar-refractivity contribution in [1.82, 2.24) is 4.98 Å². The zero-order chi connectivity index (χ0) is 9.35. The molecule has 2 nitrogen and oxygen atoms in total. The first kappa shape index (κ1) is 6.45. The average molecular weight is 164 g/mol. The Morgan fingerprint density at radius 2 is 2.27 bits per heavy atom. The van der Waals surface area contributed by atoms with E-state index in [0.717, 1.165) is 12.3 Å². The molecule has 0 spiro atoms. The van der Waals surface area contributed by atoms with Gasteiger partial charge in [0.1, 0.15) is 0 Å². The smallest absolute Gasteiger partial charge is 0.359 e. The van der Waals surface area contributed by atoms with Gasteiger partial charge in [-0.05, 0) is 12.1 Å². The predicted octanol–water partition coefficient (Wildman–Crippen LogP) is 1.76. The number of carbonyl (C=O) groups is 1. The van der Waals surface area contributed by atoms with Crippen LogP contribution in [0.2, 0.25) is 0 Å². The Morgan fingerprint density at radius 3 is 2.64 bits per heavy atom. The van der Waals surface area contributed by atoms with Crippen LogP contribution in [0.15, 0.2) is 18.3 Å². The minimum Gasteiger partial charge on any atom is -0.359 e. The average Bonchev–Trinajstić information content (AvgIpc) is 2.31. The van der Waals surface area contributed by atoms with E-state index in [1.807, 2.05) is 0 Å². The highest BCUT2D eigenvalue weighted by molar-refractivity contribution is 5.98.